The minimum Gasteiger partial charge on any atom is -0.462 e. The Balaban J connectivity index is 2.34. The summed E-state index contributed by atoms with van der Waals surface area (Å²) in [7, 11) is -7.96. The number of aromatic nitrogens is 1. The third kappa shape index (κ3) is 4.56. The van der Waals surface area contributed by atoms with Gasteiger partial charge in [0.25, 0.3) is 10.0 Å². The van der Waals surface area contributed by atoms with Gasteiger partial charge in [-0.15, -0.1) is 0 Å². The van der Waals surface area contributed by atoms with E-state index in [4.69, 9.17) is 9.88 Å². The fourth-order valence-corrected chi connectivity index (χ4v) is 3.60. The van der Waals surface area contributed by atoms with E-state index >= 15 is 0 Å². The van der Waals surface area contributed by atoms with Crippen molar-refractivity contribution in [1.82, 2.24) is 4.98 Å². The molecule has 0 radical (unpaired) electrons. The highest BCUT2D eigenvalue weighted by molar-refractivity contribution is 7.92. The van der Waals surface area contributed by atoms with Gasteiger partial charge in [0.05, 0.1) is 33.3 Å². The number of anilines is 1. The van der Waals surface area contributed by atoms with Crippen LogP contribution in [-0.2, 0) is 24.8 Å². The van der Waals surface area contributed by atoms with E-state index in [1.165, 1.54) is 12.3 Å². The SMILES string of the molecule is CCOC(=O)c1cnc(C)c(NS(=O)(=O)c2ccc(S(N)(=O)=O)cc2)c1. The number of nitrogens with one attached hydrogen (secondary N) is 1. The lowest BCUT2D eigenvalue weighted by Gasteiger charge is -2.11. The van der Waals surface area contributed by atoms with Crippen molar-refractivity contribution in [3.63, 3.8) is 0 Å². The van der Waals surface area contributed by atoms with Crippen LogP contribution in [0.15, 0.2) is 46.3 Å². The molecule has 26 heavy (non-hydrogen) atoms. The van der Waals surface area contributed by atoms with Crippen LogP contribution in [0.5, 0.6) is 0 Å². The molecule has 0 bridgehead atoms. The Kier molecular flexibility index (Phi) is 5.64. The molecule has 1 heterocycles. The minimum atomic E-state index is -4.03. The molecular weight excluding hydrogens is 382 g/mol. The summed E-state index contributed by atoms with van der Waals surface area (Å²) in [5, 5.41) is 4.98. The van der Waals surface area contributed by atoms with Gasteiger partial charge in [-0.1, -0.05) is 0 Å². The molecule has 140 valence electrons. The Morgan fingerprint density at radius 3 is 2.27 bits per heavy atom. The third-order valence-electron chi connectivity index (χ3n) is 3.30. The number of carbonyl (C=O) groups is 1. The Hall–Kier alpha value is -2.50. The molecular formula is C15H17N3O6S2. The van der Waals surface area contributed by atoms with Gasteiger partial charge in [-0.25, -0.2) is 26.8 Å². The maximum atomic E-state index is 12.5. The highest BCUT2D eigenvalue weighted by Gasteiger charge is 2.19. The smallest absolute Gasteiger partial charge is 0.339 e. The maximum absolute atomic E-state index is 12.5. The first-order chi connectivity index (χ1) is 12.0. The molecule has 0 aliphatic rings. The van der Waals surface area contributed by atoms with Crippen LogP contribution < -0.4 is 9.86 Å². The Bertz CT molecular complexity index is 1030. The molecule has 1 aromatic carbocycles. The van der Waals surface area contributed by atoms with Crippen LogP contribution in [0.3, 0.4) is 0 Å². The lowest BCUT2D eigenvalue weighted by Crippen LogP contribution is -2.16. The van der Waals surface area contributed by atoms with Crippen LogP contribution in [0.2, 0.25) is 0 Å². The molecule has 11 heteroatoms. The van der Waals surface area contributed by atoms with Gasteiger partial charge in [-0.2, -0.15) is 0 Å². The summed E-state index contributed by atoms with van der Waals surface area (Å²) in [6, 6.07) is 5.71. The van der Waals surface area contributed by atoms with E-state index in [9.17, 15) is 21.6 Å². The summed E-state index contributed by atoms with van der Waals surface area (Å²) in [5.74, 6) is -0.627. The number of ether oxygens (including phenoxy) is 1. The highest BCUT2D eigenvalue weighted by atomic mass is 32.2. The molecule has 0 amide bonds. The van der Waals surface area contributed by atoms with Crippen LogP contribution in [0.25, 0.3) is 0 Å². The number of benzene rings is 1. The molecule has 2 aromatic rings. The molecule has 0 unspecified atom stereocenters. The molecule has 0 aliphatic heterocycles. The summed E-state index contributed by atoms with van der Waals surface area (Å²) in [5.41, 5.74) is 0.550. The molecule has 0 saturated heterocycles. The van der Waals surface area contributed by atoms with Gasteiger partial charge in [0.1, 0.15) is 0 Å². The van der Waals surface area contributed by atoms with Crippen LogP contribution in [0, 0.1) is 6.92 Å². The second-order valence-corrected chi connectivity index (χ2v) is 8.44. The van der Waals surface area contributed by atoms with Crippen LogP contribution in [-0.4, -0.2) is 34.4 Å². The summed E-state index contributed by atoms with van der Waals surface area (Å²) in [6.07, 6.45) is 1.28. The average molecular weight is 399 g/mol. The number of hydrogen-bond acceptors (Lipinski definition) is 7. The number of rotatable bonds is 6. The normalized spacial score (nSPS) is 11.8. The predicted octanol–water partition coefficient (Wildman–Crippen LogP) is 1.01. The number of nitrogens with zero attached hydrogens (tertiary/aromatic N) is 1. The van der Waals surface area contributed by atoms with Gasteiger partial charge in [0.2, 0.25) is 10.0 Å². The van der Waals surface area contributed by atoms with E-state index in [0.29, 0.717) is 5.69 Å². The Morgan fingerprint density at radius 1 is 1.15 bits per heavy atom. The molecule has 0 atom stereocenters. The zero-order chi connectivity index (χ0) is 19.5. The van der Waals surface area contributed by atoms with Crippen molar-refractivity contribution >= 4 is 31.7 Å². The fourth-order valence-electron chi connectivity index (χ4n) is 1.97. The first-order valence-electron chi connectivity index (χ1n) is 7.34. The molecule has 0 spiro atoms. The molecule has 2 rings (SSSR count). The van der Waals surface area contributed by atoms with Gasteiger partial charge in [-0.3, -0.25) is 9.71 Å². The summed E-state index contributed by atoms with van der Waals surface area (Å²) in [4.78, 5) is 15.4. The number of aryl methyl sites for hydroxylation is 1. The van der Waals surface area contributed by atoms with Crippen molar-refractivity contribution in [2.24, 2.45) is 5.14 Å². The number of esters is 1. The number of nitrogens with two attached hydrogens (primary N) is 1. The van der Waals surface area contributed by atoms with E-state index in [2.05, 4.69) is 9.71 Å². The first-order valence-corrected chi connectivity index (χ1v) is 10.4. The predicted molar refractivity (Wildman–Crippen MR) is 93.6 cm³/mol. The Morgan fingerprint density at radius 2 is 1.73 bits per heavy atom. The van der Waals surface area contributed by atoms with Crippen LogP contribution in [0.4, 0.5) is 5.69 Å². The largest absolute Gasteiger partial charge is 0.462 e. The van der Waals surface area contributed by atoms with Crippen LogP contribution >= 0.6 is 0 Å². The fraction of sp³-hybridized carbons (Fsp3) is 0.200. The van der Waals surface area contributed by atoms with Crippen molar-refractivity contribution in [1.29, 1.82) is 0 Å². The van der Waals surface area contributed by atoms with Gasteiger partial charge in [0.15, 0.2) is 0 Å². The minimum absolute atomic E-state index is 0.0970. The Labute approximate surface area is 151 Å². The van der Waals surface area contributed by atoms with Gasteiger partial charge in [0, 0.05) is 6.20 Å². The first kappa shape index (κ1) is 19.8. The summed E-state index contributed by atoms with van der Waals surface area (Å²) >= 11 is 0. The van der Waals surface area contributed by atoms with Crippen molar-refractivity contribution in [3.8, 4) is 0 Å². The van der Waals surface area contributed by atoms with E-state index in [0.717, 1.165) is 24.3 Å². The van der Waals surface area contributed by atoms with E-state index < -0.39 is 26.0 Å². The third-order valence-corrected chi connectivity index (χ3v) is 5.62. The van der Waals surface area contributed by atoms with E-state index in [1.54, 1.807) is 13.8 Å². The quantitative estimate of drug-likeness (QED) is 0.689. The molecule has 9 nitrogen and oxygen atoms in total. The van der Waals surface area contributed by atoms with Crippen molar-refractivity contribution in [2.45, 2.75) is 23.6 Å². The van der Waals surface area contributed by atoms with Crippen LogP contribution in [0.1, 0.15) is 23.0 Å². The molecule has 0 saturated carbocycles. The second-order valence-electron chi connectivity index (χ2n) is 5.20. The molecule has 0 fully saturated rings. The number of primary sulfonamides is 1. The molecule has 1 aromatic heterocycles. The van der Waals surface area contributed by atoms with Crippen molar-refractivity contribution < 1.29 is 26.4 Å². The lowest BCUT2D eigenvalue weighted by atomic mass is 10.2. The van der Waals surface area contributed by atoms with Crippen molar-refractivity contribution in [2.75, 3.05) is 11.3 Å². The topological polar surface area (TPSA) is 146 Å². The van der Waals surface area contributed by atoms with Gasteiger partial charge < -0.3 is 4.74 Å². The number of carbonyl (C=O) groups excluding carboxylic acids is 1. The zero-order valence-electron chi connectivity index (χ0n) is 14.0. The summed E-state index contributed by atoms with van der Waals surface area (Å²) in [6.45, 7) is 3.38. The molecule has 3 N–H and O–H groups in total. The highest BCUT2D eigenvalue weighted by Crippen LogP contribution is 2.21. The second kappa shape index (κ2) is 7.40. The summed E-state index contributed by atoms with van der Waals surface area (Å²) < 4.78 is 54.6. The number of pyridine rings is 1. The van der Waals surface area contributed by atoms with Gasteiger partial charge >= 0.3 is 5.97 Å². The zero-order valence-corrected chi connectivity index (χ0v) is 15.6. The molecule has 0 aliphatic carbocycles. The maximum Gasteiger partial charge on any atom is 0.339 e. The van der Waals surface area contributed by atoms with Gasteiger partial charge in [-0.05, 0) is 44.2 Å². The lowest BCUT2D eigenvalue weighted by molar-refractivity contribution is 0.0526. The van der Waals surface area contributed by atoms with E-state index in [1.807, 2.05) is 0 Å². The number of hydrogen-bond donors (Lipinski definition) is 2. The van der Waals surface area contributed by atoms with Crippen molar-refractivity contribution in [3.05, 3.63) is 47.8 Å². The average Bonchev–Trinajstić information content (AvgIpc) is 2.56. The monoisotopic (exact) mass is 399 g/mol. The van der Waals surface area contributed by atoms with E-state index in [-0.39, 0.29) is 27.6 Å². The number of sulfonamides is 2. The standard InChI is InChI=1S/C15H17N3O6S2/c1-3-24-15(19)11-8-14(10(2)17-9-11)18-26(22,23)13-6-4-12(5-7-13)25(16,20)21/h4-9,18H,3H2,1-2H3,(H2,16,20,21).